The molecule has 0 aliphatic heterocycles. The molecule has 0 saturated heterocycles. The van der Waals surface area contributed by atoms with Crippen LogP contribution in [0.25, 0.3) is 88.4 Å². The molecule has 0 saturated carbocycles. The van der Waals surface area contributed by atoms with E-state index in [2.05, 4.69) is 288 Å². The normalized spacial score (nSPS) is 11.8. The van der Waals surface area contributed by atoms with E-state index in [1.807, 2.05) is 0 Å². The predicted octanol–water partition coefficient (Wildman–Crippen LogP) is 14.3. The second kappa shape index (κ2) is 16.8. The highest BCUT2D eigenvalue weighted by molar-refractivity contribution is 7.20. The van der Waals surface area contributed by atoms with Crippen molar-refractivity contribution in [1.29, 1.82) is 0 Å². The molecule has 13 rings (SSSR count). The molecule has 11 aromatic carbocycles. The minimum absolute atomic E-state index is 1.12. The van der Waals surface area contributed by atoms with Crippen molar-refractivity contribution in [2.75, 3.05) is 0 Å². The number of nitrogens with zero attached hydrogens (tertiary/aromatic N) is 2. The highest BCUT2D eigenvalue weighted by Crippen LogP contribution is 2.45. The van der Waals surface area contributed by atoms with Gasteiger partial charge in [-0.3, -0.25) is 0 Å². The Bertz CT molecular complexity index is 3820. The van der Waals surface area contributed by atoms with E-state index in [1.165, 1.54) is 92.4 Å². The maximum absolute atomic E-state index is 2.91. The summed E-state index contributed by atoms with van der Waals surface area (Å²) in [6, 6.07) is 103. The molecule has 3 heteroatoms. The van der Waals surface area contributed by atoms with Gasteiger partial charge in [-0.1, -0.05) is 243 Å². The van der Waals surface area contributed by atoms with Gasteiger partial charge in [-0.2, -0.15) is 0 Å². The van der Waals surface area contributed by atoms with Gasteiger partial charge in [0.05, 0.1) is 27.8 Å². The summed E-state index contributed by atoms with van der Waals surface area (Å²) in [5.41, 5.74) is 14.1. The van der Waals surface area contributed by atoms with E-state index in [1.54, 1.807) is 0 Å². The van der Waals surface area contributed by atoms with Crippen LogP contribution in [0.3, 0.4) is 0 Å². The van der Waals surface area contributed by atoms with Gasteiger partial charge in [0.1, 0.15) is 0 Å². The Kier molecular flexibility index (Phi) is 9.88. The zero-order chi connectivity index (χ0) is 45.7. The van der Waals surface area contributed by atoms with Crippen molar-refractivity contribution in [3.8, 4) is 44.8 Å². The highest BCUT2D eigenvalue weighted by Gasteiger charge is 2.43. The first-order valence-corrected chi connectivity index (χ1v) is 25.9. The second-order valence-electron chi connectivity index (χ2n) is 17.9. The quantitative estimate of drug-likeness (QED) is 0.101. The van der Waals surface area contributed by atoms with E-state index in [-0.39, 0.29) is 0 Å². The molecular formula is C66H46N2Si. The number of hydrogen-bond donors (Lipinski definition) is 0. The first kappa shape index (κ1) is 40.5. The van der Waals surface area contributed by atoms with Crippen LogP contribution < -0.4 is 20.7 Å². The SMILES string of the molecule is c1ccc(-c2cccc(-c3ccccc3)c2-n2c3ccc(-n4c5ccccc5c5c([Si](c6ccccc6)(c6ccccc6)c6ccccc6)cccc54)cc3c3c(-c4ccccc4)cccc32)cc1. The van der Waals surface area contributed by atoms with Gasteiger partial charge >= 0.3 is 0 Å². The van der Waals surface area contributed by atoms with Gasteiger partial charge in [-0.15, -0.1) is 0 Å². The van der Waals surface area contributed by atoms with Crippen LogP contribution in [0.5, 0.6) is 0 Å². The van der Waals surface area contributed by atoms with Crippen LogP contribution >= 0.6 is 0 Å². The minimum Gasteiger partial charge on any atom is -0.309 e. The maximum atomic E-state index is 2.54. The third kappa shape index (κ3) is 6.47. The van der Waals surface area contributed by atoms with Crippen molar-refractivity contribution < 1.29 is 0 Å². The van der Waals surface area contributed by atoms with Crippen molar-refractivity contribution in [2.45, 2.75) is 0 Å². The smallest absolute Gasteiger partial charge is 0.180 e. The van der Waals surface area contributed by atoms with Gasteiger partial charge in [0.25, 0.3) is 0 Å². The molecule has 69 heavy (non-hydrogen) atoms. The highest BCUT2D eigenvalue weighted by atomic mass is 28.3. The average Bonchev–Trinajstić information content (AvgIpc) is 3.95. The number of fused-ring (bicyclic) bond motifs is 6. The van der Waals surface area contributed by atoms with E-state index >= 15 is 0 Å². The van der Waals surface area contributed by atoms with Crippen molar-refractivity contribution in [3.05, 3.63) is 279 Å². The number of aromatic nitrogens is 2. The molecule has 0 radical (unpaired) electrons. The fourth-order valence-corrected chi connectivity index (χ4v) is 16.4. The Morgan fingerprint density at radius 2 is 0.667 bits per heavy atom. The largest absolute Gasteiger partial charge is 0.309 e. The molecule has 2 aromatic heterocycles. The molecule has 0 N–H and O–H groups in total. The van der Waals surface area contributed by atoms with Gasteiger partial charge < -0.3 is 9.13 Å². The number of para-hydroxylation sites is 2. The molecule has 0 amide bonds. The van der Waals surface area contributed by atoms with Crippen LogP contribution in [0, 0.1) is 0 Å². The van der Waals surface area contributed by atoms with Crippen molar-refractivity contribution in [3.63, 3.8) is 0 Å². The van der Waals surface area contributed by atoms with E-state index in [4.69, 9.17) is 0 Å². The monoisotopic (exact) mass is 894 g/mol. The Hall–Kier alpha value is -8.76. The number of benzene rings is 11. The Morgan fingerprint density at radius 1 is 0.261 bits per heavy atom. The standard InChI is InChI=1S/C66H46N2Si/c1-7-24-47(25-8-1)54-37-22-41-61-64(54)58-46-50(44-45-60(58)68(61)66-55(48-26-9-2-10-27-48)38-21-39-56(66)49-28-11-3-12-29-49)67-59-40-20-19-36-57(59)65-62(67)42-23-43-63(65)69(51-30-13-4-14-31-51,52-32-15-5-16-33-52)53-34-17-6-18-35-53/h1-46H. The summed E-state index contributed by atoms with van der Waals surface area (Å²) in [7, 11) is -2.91. The average molecular weight is 895 g/mol. The molecular weight excluding hydrogens is 849 g/mol. The Labute approximate surface area is 403 Å². The van der Waals surface area contributed by atoms with E-state index < -0.39 is 8.07 Å². The summed E-state index contributed by atoms with van der Waals surface area (Å²) in [5.74, 6) is 0. The molecule has 0 unspecified atom stereocenters. The molecule has 0 atom stereocenters. The third-order valence-corrected chi connectivity index (χ3v) is 19.1. The summed E-state index contributed by atoms with van der Waals surface area (Å²) in [6.45, 7) is 0. The summed E-state index contributed by atoms with van der Waals surface area (Å²) in [5, 5.41) is 10.4. The molecule has 324 valence electrons. The second-order valence-corrected chi connectivity index (χ2v) is 21.7. The van der Waals surface area contributed by atoms with Crippen LogP contribution in [-0.4, -0.2) is 17.2 Å². The zero-order valence-electron chi connectivity index (χ0n) is 38.0. The van der Waals surface area contributed by atoms with Crippen LogP contribution in [0.15, 0.2) is 279 Å². The lowest BCUT2D eigenvalue weighted by molar-refractivity contribution is 1.17. The van der Waals surface area contributed by atoms with Gasteiger partial charge in [0.2, 0.25) is 0 Å². The van der Waals surface area contributed by atoms with Crippen LogP contribution in [0.1, 0.15) is 0 Å². The molecule has 0 spiro atoms. The first-order chi connectivity index (χ1) is 34.3. The fourth-order valence-electron chi connectivity index (χ4n) is 11.4. The van der Waals surface area contributed by atoms with Crippen LogP contribution in [0.4, 0.5) is 0 Å². The van der Waals surface area contributed by atoms with Crippen LogP contribution in [-0.2, 0) is 0 Å². The summed E-state index contributed by atoms with van der Waals surface area (Å²) in [4.78, 5) is 0. The van der Waals surface area contributed by atoms with Crippen LogP contribution in [0.2, 0.25) is 0 Å². The zero-order valence-corrected chi connectivity index (χ0v) is 39.0. The molecule has 2 heterocycles. The third-order valence-electron chi connectivity index (χ3n) is 14.3. The van der Waals surface area contributed by atoms with Gasteiger partial charge in [-0.25, -0.2) is 0 Å². The lowest BCUT2D eigenvalue weighted by Crippen LogP contribution is -2.74. The Morgan fingerprint density at radius 3 is 1.22 bits per heavy atom. The lowest BCUT2D eigenvalue weighted by atomic mass is 9.95. The summed E-state index contributed by atoms with van der Waals surface area (Å²) < 4.78 is 5.06. The van der Waals surface area contributed by atoms with Gasteiger partial charge in [0.15, 0.2) is 8.07 Å². The van der Waals surface area contributed by atoms with Gasteiger partial charge in [0, 0.05) is 38.4 Å². The summed E-state index contributed by atoms with van der Waals surface area (Å²) in [6.07, 6.45) is 0. The molecule has 0 fully saturated rings. The van der Waals surface area contributed by atoms with Crippen molar-refractivity contribution >= 4 is 72.4 Å². The molecule has 0 aliphatic rings. The topological polar surface area (TPSA) is 9.86 Å². The molecule has 0 bridgehead atoms. The fraction of sp³-hybridized carbons (Fsp3) is 0. The van der Waals surface area contributed by atoms with Crippen molar-refractivity contribution in [2.24, 2.45) is 0 Å². The maximum Gasteiger partial charge on any atom is 0.180 e. The van der Waals surface area contributed by atoms with Crippen molar-refractivity contribution in [1.82, 2.24) is 9.13 Å². The lowest BCUT2D eigenvalue weighted by Gasteiger charge is -2.35. The molecule has 0 aliphatic carbocycles. The molecule has 2 nitrogen and oxygen atoms in total. The van der Waals surface area contributed by atoms with E-state index in [0.29, 0.717) is 0 Å². The number of rotatable bonds is 9. The summed E-state index contributed by atoms with van der Waals surface area (Å²) >= 11 is 0. The predicted molar refractivity (Wildman–Crippen MR) is 295 cm³/mol. The first-order valence-electron chi connectivity index (χ1n) is 23.9. The number of hydrogen-bond acceptors (Lipinski definition) is 0. The molecule has 13 aromatic rings. The van der Waals surface area contributed by atoms with Gasteiger partial charge in [-0.05, 0) is 79.4 Å². The Balaban J connectivity index is 1.14. The van der Waals surface area contributed by atoms with E-state index in [9.17, 15) is 0 Å². The minimum atomic E-state index is -2.91. The van der Waals surface area contributed by atoms with E-state index in [0.717, 1.165) is 16.7 Å².